The largest absolute Gasteiger partial charge is 0.314 e. The fourth-order valence-corrected chi connectivity index (χ4v) is 4.04. The quantitative estimate of drug-likeness (QED) is 0.693. The molecule has 2 fully saturated rings. The molecule has 0 amide bonds. The highest BCUT2D eigenvalue weighted by Crippen LogP contribution is 2.19. The molecule has 1 aliphatic carbocycles. The van der Waals surface area contributed by atoms with Crippen LogP contribution in [0.5, 0.6) is 0 Å². The summed E-state index contributed by atoms with van der Waals surface area (Å²) in [6.45, 7) is 2.81. The van der Waals surface area contributed by atoms with Crippen molar-refractivity contribution in [3.8, 4) is 0 Å². The third kappa shape index (κ3) is 4.70. The van der Waals surface area contributed by atoms with Gasteiger partial charge in [0.15, 0.2) is 0 Å². The minimum absolute atomic E-state index is 0.192. The molecule has 6 heteroatoms. The summed E-state index contributed by atoms with van der Waals surface area (Å²) in [5, 5.41) is 3.36. The van der Waals surface area contributed by atoms with Gasteiger partial charge in [-0.05, 0) is 58.8 Å². The number of nitrogens with one attached hydrogen (secondary N) is 1. The summed E-state index contributed by atoms with van der Waals surface area (Å²) in [6.07, 6.45) is 5.12. The maximum atomic E-state index is 12.3. The number of likely N-dealkylation sites (tertiary alicyclic amines) is 1. The lowest BCUT2D eigenvalue weighted by atomic mass is 10.1. The first kappa shape index (κ1) is 15.2. The molecule has 1 N–H and O–H groups in total. The van der Waals surface area contributed by atoms with Crippen molar-refractivity contribution in [3.05, 3.63) is 0 Å². The molecule has 112 valence electrons. The predicted molar refractivity (Wildman–Crippen MR) is 77.7 cm³/mol. The molecule has 5 nitrogen and oxygen atoms in total. The third-order valence-corrected chi connectivity index (χ3v) is 6.21. The highest BCUT2D eigenvalue weighted by atomic mass is 32.2. The Morgan fingerprint density at radius 2 is 1.84 bits per heavy atom. The number of piperidine rings is 1. The standard InChI is InChI=1S/C13H27N3O2S/c1-15-9-6-13(7-10-15)16(2)19(17,18)11-3-8-14-12-4-5-12/h12-14H,3-11H2,1-2H3. The van der Waals surface area contributed by atoms with Crippen LogP contribution in [-0.4, -0.2) is 69.2 Å². The third-order valence-electron chi connectivity index (χ3n) is 4.23. The highest BCUT2D eigenvalue weighted by molar-refractivity contribution is 7.89. The average molecular weight is 289 g/mol. The van der Waals surface area contributed by atoms with Gasteiger partial charge in [-0.2, -0.15) is 0 Å². The zero-order chi connectivity index (χ0) is 13.9. The van der Waals surface area contributed by atoms with Crippen molar-refractivity contribution in [2.24, 2.45) is 0 Å². The van der Waals surface area contributed by atoms with Crippen LogP contribution in [0.2, 0.25) is 0 Å². The molecule has 1 aliphatic heterocycles. The lowest BCUT2D eigenvalue weighted by molar-refractivity contribution is 0.197. The maximum absolute atomic E-state index is 12.3. The molecule has 0 spiro atoms. The SMILES string of the molecule is CN1CCC(N(C)S(=O)(=O)CCCNC2CC2)CC1. The van der Waals surface area contributed by atoms with Gasteiger partial charge in [0.2, 0.25) is 10.0 Å². The second-order valence-corrected chi connectivity index (χ2v) is 8.10. The van der Waals surface area contributed by atoms with Crippen LogP contribution in [0.25, 0.3) is 0 Å². The molecule has 0 aromatic carbocycles. The van der Waals surface area contributed by atoms with Crippen molar-refractivity contribution in [2.75, 3.05) is 39.5 Å². The van der Waals surface area contributed by atoms with Gasteiger partial charge in [0, 0.05) is 19.1 Å². The lowest BCUT2D eigenvalue weighted by Gasteiger charge is -2.34. The van der Waals surface area contributed by atoms with E-state index in [-0.39, 0.29) is 11.8 Å². The molecule has 0 radical (unpaired) electrons. The number of hydrogen-bond donors (Lipinski definition) is 1. The van der Waals surface area contributed by atoms with E-state index in [1.165, 1.54) is 12.8 Å². The zero-order valence-corrected chi connectivity index (χ0v) is 13.0. The van der Waals surface area contributed by atoms with E-state index >= 15 is 0 Å². The molecule has 0 aromatic rings. The van der Waals surface area contributed by atoms with Gasteiger partial charge in [0.25, 0.3) is 0 Å². The molecule has 2 aliphatic rings. The second kappa shape index (κ2) is 6.52. The smallest absolute Gasteiger partial charge is 0.214 e. The minimum Gasteiger partial charge on any atom is -0.314 e. The second-order valence-electron chi connectivity index (χ2n) is 5.95. The Morgan fingerprint density at radius 3 is 2.42 bits per heavy atom. The van der Waals surface area contributed by atoms with Crippen LogP contribution in [-0.2, 0) is 10.0 Å². The molecular formula is C13H27N3O2S. The van der Waals surface area contributed by atoms with Crippen molar-refractivity contribution >= 4 is 10.0 Å². The summed E-state index contributed by atoms with van der Waals surface area (Å²) in [4.78, 5) is 2.26. The van der Waals surface area contributed by atoms with Crippen molar-refractivity contribution in [3.63, 3.8) is 0 Å². The Morgan fingerprint density at radius 1 is 1.21 bits per heavy atom. The van der Waals surface area contributed by atoms with E-state index in [2.05, 4.69) is 17.3 Å². The maximum Gasteiger partial charge on any atom is 0.214 e. The van der Waals surface area contributed by atoms with Gasteiger partial charge in [-0.15, -0.1) is 0 Å². The van der Waals surface area contributed by atoms with E-state index < -0.39 is 10.0 Å². The van der Waals surface area contributed by atoms with Crippen LogP contribution in [0.1, 0.15) is 32.1 Å². The lowest BCUT2D eigenvalue weighted by Crippen LogP contribution is -2.45. The van der Waals surface area contributed by atoms with E-state index in [1.54, 1.807) is 11.4 Å². The molecule has 19 heavy (non-hydrogen) atoms. The molecule has 1 heterocycles. The number of hydrogen-bond acceptors (Lipinski definition) is 4. The van der Waals surface area contributed by atoms with Crippen LogP contribution in [0.4, 0.5) is 0 Å². The molecule has 0 bridgehead atoms. The molecule has 1 saturated heterocycles. The van der Waals surface area contributed by atoms with Gasteiger partial charge in [0.1, 0.15) is 0 Å². The highest BCUT2D eigenvalue weighted by Gasteiger charge is 2.28. The van der Waals surface area contributed by atoms with Crippen molar-refractivity contribution in [1.82, 2.24) is 14.5 Å². The van der Waals surface area contributed by atoms with E-state index in [4.69, 9.17) is 0 Å². The van der Waals surface area contributed by atoms with Gasteiger partial charge in [-0.3, -0.25) is 0 Å². The Balaban J connectivity index is 1.73. The topological polar surface area (TPSA) is 52.7 Å². The number of rotatable bonds is 7. The fourth-order valence-electron chi connectivity index (χ4n) is 2.58. The summed E-state index contributed by atoms with van der Waals surface area (Å²) in [6, 6.07) is 0.854. The molecule has 0 aromatic heterocycles. The molecule has 0 atom stereocenters. The predicted octanol–water partition coefficient (Wildman–Crippen LogP) is 0.484. The van der Waals surface area contributed by atoms with E-state index in [9.17, 15) is 8.42 Å². The van der Waals surface area contributed by atoms with Crippen molar-refractivity contribution in [2.45, 2.75) is 44.2 Å². The van der Waals surface area contributed by atoms with Gasteiger partial charge in [-0.1, -0.05) is 0 Å². The summed E-state index contributed by atoms with van der Waals surface area (Å²) >= 11 is 0. The summed E-state index contributed by atoms with van der Waals surface area (Å²) in [7, 11) is 0.761. The van der Waals surface area contributed by atoms with Gasteiger partial charge < -0.3 is 10.2 Å². The first-order chi connectivity index (χ1) is 8.99. The van der Waals surface area contributed by atoms with E-state index in [1.807, 2.05) is 0 Å². The Labute approximate surface area is 117 Å². The Kier molecular flexibility index (Phi) is 5.22. The van der Waals surface area contributed by atoms with Crippen LogP contribution < -0.4 is 5.32 Å². The molecule has 0 unspecified atom stereocenters. The van der Waals surface area contributed by atoms with Crippen LogP contribution in [0.3, 0.4) is 0 Å². The van der Waals surface area contributed by atoms with E-state index in [0.717, 1.165) is 38.9 Å². The summed E-state index contributed by atoms with van der Waals surface area (Å²) in [5.74, 6) is 0.273. The first-order valence-corrected chi connectivity index (χ1v) is 8.97. The van der Waals surface area contributed by atoms with Crippen LogP contribution in [0, 0.1) is 0 Å². The Bertz CT molecular complexity index is 373. The van der Waals surface area contributed by atoms with Gasteiger partial charge in [0.05, 0.1) is 5.75 Å². The average Bonchev–Trinajstić information content (AvgIpc) is 3.19. The fraction of sp³-hybridized carbons (Fsp3) is 1.00. The zero-order valence-electron chi connectivity index (χ0n) is 12.1. The van der Waals surface area contributed by atoms with Crippen molar-refractivity contribution in [1.29, 1.82) is 0 Å². The monoisotopic (exact) mass is 289 g/mol. The molecular weight excluding hydrogens is 262 g/mol. The minimum atomic E-state index is -3.08. The molecule has 1 saturated carbocycles. The van der Waals surface area contributed by atoms with Gasteiger partial charge >= 0.3 is 0 Å². The normalized spacial score (nSPS) is 23.1. The summed E-state index contributed by atoms with van der Waals surface area (Å²) in [5.41, 5.74) is 0. The van der Waals surface area contributed by atoms with Crippen LogP contribution in [0.15, 0.2) is 0 Å². The van der Waals surface area contributed by atoms with Crippen LogP contribution >= 0.6 is 0 Å². The van der Waals surface area contributed by atoms with Crippen molar-refractivity contribution < 1.29 is 8.42 Å². The first-order valence-electron chi connectivity index (χ1n) is 7.36. The summed E-state index contributed by atoms with van der Waals surface area (Å²) < 4.78 is 26.1. The Hall–Kier alpha value is -0.170. The van der Waals surface area contributed by atoms with Gasteiger partial charge in [-0.25, -0.2) is 12.7 Å². The number of nitrogens with zero attached hydrogens (tertiary/aromatic N) is 2. The number of sulfonamides is 1. The molecule has 2 rings (SSSR count). The van der Waals surface area contributed by atoms with E-state index in [0.29, 0.717) is 6.04 Å².